The van der Waals surface area contributed by atoms with Crippen molar-refractivity contribution < 1.29 is 9.90 Å². The van der Waals surface area contributed by atoms with Gasteiger partial charge in [0.25, 0.3) is 5.91 Å². The highest BCUT2D eigenvalue weighted by molar-refractivity contribution is 6.01. The molecule has 0 saturated carbocycles. The third-order valence-corrected chi connectivity index (χ3v) is 3.11. The van der Waals surface area contributed by atoms with Gasteiger partial charge in [0.1, 0.15) is 17.4 Å². The maximum absolute atomic E-state index is 12.0. The zero-order valence-corrected chi connectivity index (χ0v) is 12.0. The molecule has 2 aromatic rings. The van der Waals surface area contributed by atoms with Crippen LogP contribution in [0.3, 0.4) is 0 Å². The Kier molecular flexibility index (Phi) is 5.33. The fourth-order valence-corrected chi connectivity index (χ4v) is 1.95. The molecule has 2 rings (SSSR count). The van der Waals surface area contributed by atoms with Gasteiger partial charge in [0.05, 0.1) is 0 Å². The second-order valence-corrected chi connectivity index (χ2v) is 4.75. The number of nitrogens with zero attached hydrogens (tertiary/aromatic N) is 1. The molecule has 1 amide bonds. The summed E-state index contributed by atoms with van der Waals surface area (Å²) in [6, 6.07) is 18.0. The van der Waals surface area contributed by atoms with Crippen LogP contribution in [0.4, 0.5) is 0 Å². The van der Waals surface area contributed by atoms with E-state index in [1.165, 1.54) is 18.2 Å². The fraction of sp³-hybridized carbons (Fsp3) is 0.111. The van der Waals surface area contributed by atoms with Crippen LogP contribution in [-0.4, -0.2) is 17.6 Å². The molecule has 0 atom stereocenters. The minimum absolute atomic E-state index is 0.0405. The summed E-state index contributed by atoms with van der Waals surface area (Å²) in [5.41, 5.74) is 1.86. The van der Waals surface area contributed by atoms with Crippen molar-refractivity contribution in [1.29, 1.82) is 5.26 Å². The lowest BCUT2D eigenvalue weighted by molar-refractivity contribution is -0.117. The van der Waals surface area contributed by atoms with E-state index >= 15 is 0 Å². The van der Waals surface area contributed by atoms with Crippen LogP contribution in [0.15, 0.2) is 60.2 Å². The molecule has 0 heterocycles. The van der Waals surface area contributed by atoms with Gasteiger partial charge in [-0.15, -0.1) is 0 Å². The van der Waals surface area contributed by atoms with E-state index in [2.05, 4.69) is 5.32 Å². The first-order valence-corrected chi connectivity index (χ1v) is 6.92. The van der Waals surface area contributed by atoms with Gasteiger partial charge in [-0.05, 0) is 35.8 Å². The molecule has 4 nitrogen and oxygen atoms in total. The summed E-state index contributed by atoms with van der Waals surface area (Å²) in [7, 11) is 0. The van der Waals surface area contributed by atoms with E-state index in [4.69, 9.17) is 5.26 Å². The lowest BCUT2D eigenvalue weighted by atomic mass is 10.1. The van der Waals surface area contributed by atoms with Crippen LogP contribution in [0, 0.1) is 11.3 Å². The first-order chi connectivity index (χ1) is 10.7. The molecule has 2 aromatic carbocycles. The van der Waals surface area contributed by atoms with Crippen molar-refractivity contribution in [3.05, 3.63) is 71.3 Å². The molecule has 0 aliphatic rings. The molecule has 0 aromatic heterocycles. The van der Waals surface area contributed by atoms with E-state index in [1.54, 1.807) is 12.1 Å². The third kappa shape index (κ3) is 4.50. The summed E-state index contributed by atoms with van der Waals surface area (Å²) < 4.78 is 0. The number of carbonyl (C=O) groups is 1. The first kappa shape index (κ1) is 15.3. The van der Waals surface area contributed by atoms with Crippen molar-refractivity contribution in [3.63, 3.8) is 0 Å². The molecule has 0 fully saturated rings. The van der Waals surface area contributed by atoms with Crippen molar-refractivity contribution in [2.45, 2.75) is 6.42 Å². The molecule has 0 radical (unpaired) electrons. The number of hydrogen-bond acceptors (Lipinski definition) is 3. The quantitative estimate of drug-likeness (QED) is 0.657. The van der Waals surface area contributed by atoms with Gasteiger partial charge >= 0.3 is 0 Å². The lowest BCUT2D eigenvalue weighted by Crippen LogP contribution is -2.26. The number of amides is 1. The molecule has 0 bridgehead atoms. The van der Waals surface area contributed by atoms with Crippen molar-refractivity contribution in [2.24, 2.45) is 0 Å². The predicted octanol–water partition coefficient (Wildman–Crippen LogP) is 2.66. The van der Waals surface area contributed by atoms with Gasteiger partial charge in [0.15, 0.2) is 0 Å². The van der Waals surface area contributed by atoms with Crippen LogP contribution in [0.25, 0.3) is 6.08 Å². The van der Waals surface area contributed by atoms with E-state index in [0.29, 0.717) is 18.5 Å². The summed E-state index contributed by atoms with van der Waals surface area (Å²) in [5, 5.41) is 21.1. The highest BCUT2D eigenvalue weighted by Crippen LogP contribution is 2.12. The summed E-state index contributed by atoms with van der Waals surface area (Å²) >= 11 is 0. The van der Waals surface area contributed by atoms with Crippen molar-refractivity contribution in [3.8, 4) is 11.8 Å². The average molecular weight is 292 g/mol. The van der Waals surface area contributed by atoms with E-state index in [-0.39, 0.29) is 11.3 Å². The molecule has 110 valence electrons. The molecule has 0 unspecified atom stereocenters. The maximum atomic E-state index is 12.0. The first-order valence-electron chi connectivity index (χ1n) is 6.92. The maximum Gasteiger partial charge on any atom is 0.261 e. The van der Waals surface area contributed by atoms with Gasteiger partial charge in [0.2, 0.25) is 0 Å². The Balaban J connectivity index is 1.94. The van der Waals surface area contributed by atoms with E-state index in [0.717, 1.165) is 5.56 Å². The Morgan fingerprint density at radius 1 is 1.14 bits per heavy atom. The van der Waals surface area contributed by atoms with Crippen LogP contribution < -0.4 is 5.32 Å². The molecule has 0 aliphatic heterocycles. The SMILES string of the molecule is N#C/C(=C/c1ccc(O)cc1)C(=O)NCCc1ccccc1. The van der Waals surface area contributed by atoms with E-state index < -0.39 is 5.91 Å². The molecular formula is C18H16N2O2. The van der Waals surface area contributed by atoms with Gasteiger partial charge in [0, 0.05) is 6.54 Å². The Labute approximate surface area is 129 Å². The van der Waals surface area contributed by atoms with Crippen LogP contribution in [-0.2, 0) is 11.2 Å². The van der Waals surface area contributed by atoms with Gasteiger partial charge in [-0.2, -0.15) is 5.26 Å². The largest absolute Gasteiger partial charge is 0.508 e. The van der Waals surface area contributed by atoms with Crippen molar-refractivity contribution in [1.82, 2.24) is 5.32 Å². The normalized spacial score (nSPS) is 10.8. The Hall–Kier alpha value is -3.06. The van der Waals surface area contributed by atoms with Crippen LogP contribution in [0.5, 0.6) is 5.75 Å². The standard InChI is InChI=1S/C18H16N2O2/c19-13-16(12-15-6-8-17(21)9-7-15)18(22)20-11-10-14-4-2-1-3-5-14/h1-9,12,21H,10-11H2,(H,20,22)/b16-12-. The summed E-state index contributed by atoms with van der Waals surface area (Å²) in [6.45, 7) is 0.470. The van der Waals surface area contributed by atoms with Crippen molar-refractivity contribution >= 4 is 12.0 Å². The minimum Gasteiger partial charge on any atom is -0.508 e. The second-order valence-electron chi connectivity index (χ2n) is 4.75. The number of carbonyl (C=O) groups excluding carboxylic acids is 1. The van der Waals surface area contributed by atoms with Gasteiger partial charge < -0.3 is 10.4 Å². The molecule has 0 saturated heterocycles. The average Bonchev–Trinajstić information content (AvgIpc) is 2.55. The Morgan fingerprint density at radius 2 is 1.82 bits per heavy atom. The molecule has 22 heavy (non-hydrogen) atoms. The number of nitrogens with one attached hydrogen (secondary N) is 1. The number of phenolic OH excluding ortho intramolecular Hbond substituents is 1. The zero-order valence-electron chi connectivity index (χ0n) is 12.0. The van der Waals surface area contributed by atoms with Gasteiger partial charge in [-0.3, -0.25) is 4.79 Å². The lowest BCUT2D eigenvalue weighted by Gasteiger charge is -2.04. The number of benzene rings is 2. The topological polar surface area (TPSA) is 73.1 Å². The smallest absolute Gasteiger partial charge is 0.261 e. The van der Waals surface area contributed by atoms with Crippen LogP contribution in [0.2, 0.25) is 0 Å². The van der Waals surface area contributed by atoms with Gasteiger partial charge in [-0.25, -0.2) is 0 Å². The Bertz CT molecular complexity index is 698. The molecular weight excluding hydrogens is 276 g/mol. The Morgan fingerprint density at radius 3 is 2.45 bits per heavy atom. The molecule has 0 aliphatic carbocycles. The number of nitriles is 1. The molecule has 2 N–H and O–H groups in total. The van der Waals surface area contributed by atoms with Crippen LogP contribution >= 0.6 is 0 Å². The summed E-state index contributed by atoms with van der Waals surface area (Å²) in [6.07, 6.45) is 2.21. The highest BCUT2D eigenvalue weighted by atomic mass is 16.3. The zero-order chi connectivity index (χ0) is 15.8. The van der Waals surface area contributed by atoms with Crippen LogP contribution in [0.1, 0.15) is 11.1 Å². The van der Waals surface area contributed by atoms with Gasteiger partial charge in [-0.1, -0.05) is 42.5 Å². The number of phenols is 1. The minimum atomic E-state index is -0.397. The molecule has 0 spiro atoms. The van der Waals surface area contributed by atoms with E-state index in [1.807, 2.05) is 36.4 Å². The van der Waals surface area contributed by atoms with E-state index in [9.17, 15) is 9.90 Å². The molecule has 4 heteroatoms. The number of hydrogen-bond donors (Lipinski definition) is 2. The fourth-order valence-electron chi connectivity index (χ4n) is 1.95. The number of aromatic hydroxyl groups is 1. The summed E-state index contributed by atoms with van der Waals surface area (Å²) in [4.78, 5) is 12.0. The third-order valence-electron chi connectivity index (χ3n) is 3.11. The second kappa shape index (κ2) is 7.65. The predicted molar refractivity (Wildman–Crippen MR) is 84.9 cm³/mol. The van der Waals surface area contributed by atoms with Crippen molar-refractivity contribution in [2.75, 3.05) is 6.54 Å². The monoisotopic (exact) mass is 292 g/mol. The highest BCUT2D eigenvalue weighted by Gasteiger charge is 2.08. The summed E-state index contributed by atoms with van der Waals surface area (Å²) in [5.74, 6) is -0.255. The number of rotatable bonds is 5.